The molecule has 0 heterocycles. The maximum absolute atomic E-state index is 12.6. The monoisotopic (exact) mass is 272 g/mol. The van der Waals surface area contributed by atoms with E-state index >= 15 is 0 Å². The molecule has 0 bridgehead atoms. The number of amides is 1. The highest BCUT2D eigenvalue weighted by Gasteiger charge is 2.54. The molecule has 3 N–H and O–H groups in total. The molecule has 19 heavy (non-hydrogen) atoms. The van der Waals surface area contributed by atoms with Crippen molar-refractivity contribution in [1.82, 2.24) is 5.32 Å². The lowest BCUT2D eigenvalue weighted by molar-refractivity contribution is -0.187. The van der Waals surface area contributed by atoms with E-state index in [4.69, 9.17) is 5.73 Å². The predicted molar refractivity (Wildman–Crippen MR) is 64.4 cm³/mol. The molecule has 1 aliphatic rings. The number of halogens is 3. The van der Waals surface area contributed by atoms with Gasteiger partial charge in [0.1, 0.15) is 0 Å². The average molecular weight is 272 g/mol. The van der Waals surface area contributed by atoms with Gasteiger partial charge in [0.2, 0.25) is 5.91 Å². The van der Waals surface area contributed by atoms with Gasteiger partial charge in [0.15, 0.2) is 5.54 Å². The van der Waals surface area contributed by atoms with Crippen LogP contribution in [0.1, 0.15) is 18.1 Å². The van der Waals surface area contributed by atoms with Gasteiger partial charge in [0, 0.05) is 6.04 Å². The molecule has 3 nitrogen and oxygen atoms in total. The Morgan fingerprint density at radius 1 is 1.26 bits per heavy atom. The molecule has 1 aromatic rings. The number of hydrogen-bond acceptors (Lipinski definition) is 2. The van der Waals surface area contributed by atoms with E-state index in [1.54, 1.807) is 0 Å². The van der Waals surface area contributed by atoms with Gasteiger partial charge in [-0.1, -0.05) is 24.3 Å². The molecule has 104 valence electrons. The fourth-order valence-electron chi connectivity index (χ4n) is 2.12. The van der Waals surface area contributed by atoms with Crippen LogP contribution < -0.4 is 11.1 Å². The molecule has 0 saturated heterocycles. The van der Waals surface area contributed by atoms with Gasteiger partial charge in [-0.05, 0) is 30.9 Å². The smallest absolute Gasteiger partial charge is 0.351 e. The molecule has 0 radical (unpaired) electrons. The molecule has 6 heteroatoms. The van der Waals surface area contributed by atoms with E-state index in [2.05, 4.69) is 5.32 Å². The number of rotatable bonds is 2. The second kappa shape index (κ2) is 4.52. The Kier molecular flexibility index (Phi) is 3.30. The first kappa shape index (κ1) is 13.9. The molecule has 0 fully saturated rings. The molecule has 1 unspecified atom stereocenters. The normalized spacial score (nSPS) is 18.8. The summed E-state index contributed by atoms with van der Waals surface area (Å²) in [6.07, 6.45) is -3.69. The van der Waals surface area contributed by atoms with Crippen molar-refractivity contribution in [3.8, 4) is 0 Å². The number of benzene rings is 1. The minimum absolute atomic E-state index is 0.324. The zero-order valence-corrected chi connectivity index (χ0v) is 10.4. The summed E-state index contributed by atoms with van der Waals surface area (Å²) in [5.41, 5.74) is 4.33. The van der Waals surface area contributed by atoms with Crippen LogP contribution in [0.4, 0.5) is 13.2 Å². The van der Waals surface area contributed by atoms with Gasteiger partial charge in [-0.2, -0.15) is 13.2 Å². The summed E-state index contributed by atoms with van der Waals surface area (Å²) in [7, 11) is 0. The van der Waals surface area contributed by atoms with Crippen molar-refractivity contribution in [2.45, 2.75) is 37.5 Å². The van der Waals surface area contributed by atoms with Crippen LogP contribution >= 0.6 is 0 Å². The van der Waals surface area contributed by atoms with Gasteiger partial charge in [-0.25, -0.2) is 0 Å². The highest BCUT2D eigenvalue weighted by Crippen LogP contribution is 2.29. The first-order valence-electron chi connectivity index (χ1n) is 5.95. The minimum Gasteiger partial charge on any atom is -0.351 e. The Labute approximate surface area is 109 Å². The summed E-state index contributed by atoms with van der Waals surface area (Å²) in [5, 5.41) is 2.39. The Bertz CT molecular complexity index is 472. The van der Waals surface area contributed by atoms with Crippen molar-refractivity contribution in [2.24, 2.45) is 5.73 Å². The minimum atomic E-state index is -4.76. The van der Waals surface area contributed by atoms with E-state index in [1.165, 1.54) is 0 Å². The van der Waals surface area contributed by atoms with Crippen LogP contribution in [0, 0.1) is 0 Å². The highest BCUT2D eigenvalue weighted by atomic mass is 19.4. The zero-order chi connectivity index (χ0) is 14.3. The topological polar surface area (TPSA) is 55.1 Å². The van der Waals surface area contributed by atoms with E-state index < -0.39 is 17.6 Å². The van der Waals surface area contributed by atoms with E-state index in [0.717, 1.165) is 11.1 Å². The molecule has 1 aliphatic carbocycles. The molecule has 1 amide bonds. The number of nitrogens with one attached hydrogen (secondary N) is 1. The van der Waals surface area contributed by atoms with Crippen LogP contribution in [0.5, 0.6) is 0 Å². The zero-order valence-electron chi connectivity index (χ0n) is 10.4. The van der Waals surface area contributed by atoms with Gasteiger partial charge in [0.25, 0.3) is 0 Å². The molecular formula is C13H15F3N2O. The lowest BCUT2D eigenvalue weighted by atomic mass is 10.0. The van der Waals surface area contributed by atoms with E-state index in [0.29, 0.717) is 19.8 Å². The molecular weight excluding hydrogens is 257 g/mol. The van der Waals surface area contributed by atoms with Gasteiger partial charge in [-0.15, -0.1) is 0 Å². The second-order valence-corrected chi connectivity index (χ2v) is 5.05. The van der Waals surface area contributed by atoms with Crippen LogP contribution in [0.2, 0.25) is 0 Å². The average Bonchev–Trinajstić information content (AvgIpc) is 2.69. The van der Waals surface area contributed by atoms with Crippen molar-refractivity contribution >= 4 is 5.91 Å². The van der Waals surface area contributed by atoms with Gasteiger partial charge >= 0.3 is 6.18 Å². The Balaban J connectivity index is 2.03. The third-order valence-corrected chi connectivity index (χ3v) is 3.45. The summed E-state index contributed by atoms with van der Waals surface area (Å²) in [6.45, 7) is 0.685. The molecule has 0 saturated carbocycles. The van der Waals surface area contributed by atoms with Crippen molar-refractivity contribution < 1.29 is 18.0 Å². The third-order valence-electron chi connectivity index (χ3n) is 3.45. The second-order valence-electron chi connectivity index (χ2n) is 5.05. The van der Waals surface area contributed by atoms with Crippen molar-refractivity contribution in [3.05, 3.63) is 35.4 Å². The highest BCUT2D eigenvalue weighted by molar-refractivity contribution is 5.87. The van der Waals surface area contributed by atoms with Gasteiger partial charge < -0.3 is 11.1 Å². The lowest BCUT2D eigenvalue weighted by Crippen LogP contribution is -2.62. The van der Waals surface area contributed by atoms with Gasteiger partial charge in [-0.3, -0.25) is 4.79 Å². The van der Waals surface area contributed by atoms with Crippen molar-refractivity contribution in [1.29, 1.82) is 0 Å². The fourth-order valence-corrected chi connectivity index (χ4v) is 2.12. The fraction of sp³-hybridized carbons (Fsp3) is 0.462. The van der Waals surface area contributed by atoms with E-state index in [1.807, 2.05) is 24.3 Å². The van der Waals surface area contributed by atoms with Crippen LogP contribution in [0.25, 0.3) is 0 Å². The molecule has 0 aliphatic heterocycles. The Morgan fingerprint density at radius 2 is 1.74 bits per heavy atom. The summed E-state index contributed by atoms with van der Waals surface area (Å²) in [6, 6.07) is 7.23. The molecule has 0 aromatic heterocycles. The lowest BCUT2D eigenvalue weighted by Gasteiger charge is -2.27. The molecule has 1 atom stereocenters. The number of alkyl halides is 3. The Morgan fingerprint density at radius 3 is 2.16 bits per heavy atom. The van der Waals surface area contributed by atoms with Crippen molar-refractivity contribution in [3.63, 3.8) is 0 Å². The SMILES string of the molecule is CC(N)(C(=O)NC1Cc2ccccc2C1)C(F)(F)F. The number of carbonyl (C=O) groups is 1. The van der Waals surface area contributed by atoms with Crippen LogP contribution in [-0.4, -0.2) is 23.7 Å². The maximum Gasteiger partial charge on any atom is 0.415 e. The molecule has 0 spiro atoms. The molecule has 1 aromatic carbocycles. The van der Waals surface area contributed by atoms with Gasteiger partial charge in [0.05, 0.1) is 0 Å². The molecule has 2 rings (SSSR count). The number of hydrogen-bond donors (Lipinski definition) is 2. The third kappa shape index (κ3) is 2.58. The van der Waals surface area contributed by atoms with Crippen LogP contribution in [0.3, 0.4) is 0 Å². The summed E-state index contributed by atoms with van der Waals surface area (Å²) < 4.78 is 37.9. The number of fused-ring (bicyclic) bond motifs is 1. The van der Waals surface area contributed by atoms with Crippen LogP contribution in [0.15, 0.2) is 24.3 Å². The summed E-state index contributed by atoms with van der Waals surface area (Å²) in [5.74, 6) is -1.18. The maximum atomic E-state index is 12.6. The number of carbonyl (C=O) groups excluding carboxylic acids is 1. The largest absolute Gasteiger partial charge is 0.415 e. The van der Waals surface area contributed by atoms with E-state index in [-0.39, 0.29) is 6.04 Å². The van der Waals surface area contributed by atoms with Crippen molar-refractivity contribution in [2.75, 3.05) is 0 Å². The Hall–Kier alpha value is -1.56. The quantitative estimate of drug-likeness (QED) is 0.858. The summed E-state index contributed by atoms with van der Waals surface area (Å²) in [4.78, 5) is 11.7. The van der Waals surface area contributed by atoms with Crippen LogP contribution in [-0.2, 0) is 17.6 Å². The summed E-state index contributed by atoms with van der Waals surface area (Å²) >= 11 is 0. The number of nitrogens with two attached hydrogens (primary N) is 1. The van der Waals surface area contributed by atoms with E-state index in [9.17, 15) is 18.0 Å². The first-order valence-corrected chi connectivity index (χ1v) is 5.95. The standard InChI is InChI=1S/C13H15F3N2O/c1-12(17,13(14,15)16)11(19)18-10-6-8-4-2-3-5-9(8)7-10/h2-5,10H,6-7,17H2,1H3,(H,18,19). The predicted octanol–water partition coefficient (Wildman–Crippen LogP) is 1.55. The first-order chi connectivity index (χ1) is 8.72.